The van der Waals surface area contributed by atoms with E-state index in [2.05, 4.69) is 29.0 Å². The van der Waals surface area contributed by atoms with Gasteiger partial charge in [-0.05, 0) is 44.9 Å². The number of likely N-dealkylation sites (N-methyl/N-ethyl adjacent to an activating group) is 1. The van der Waals surface area contributed by atoms with E-state index in [9.17, 15) is 0 Å². The number of rotatable bonds is 4. The minimum atomic E-state index is 0.455. The third-order valence-electron chi connectivity index (χ3n) is 4.80. The van der Waals surface area contributed by atoms with Gasteiger partial charge in [-0.2, -0.15) is 0 Å². The molecule has 1 aromatic carbocycles. The van der Waals surface area contributed by atoms with Crippen LogP contribution in [0.2, 0.25) is 5.02 Å². The van der Waals surface area contributed by atoms with Crippen LogP contribution in [0.4, 0.5) is 5.69 Å². The van der Waals surface area contributed by atoms with Gasteiger partial charge in [0.05, 0.1) is 16.8 Å². The van der Waals surface area contributed by atoms with Gasteiger partial charge in [0.25, 0.3) is 0 Å². The summed E-state index contributed by atoms with van der Waals surface area (Å²) in [5.41, 5.74) is 1.18. The van der Waals surface area contributed by atoms with Crippen LogP contribution < -0.4 is 4.90 Å². The summed E-state index contributed by atoms with van der Waals surface area (Å²) in [6.07, 6.45) is 5.31. The maximum atomic E-state index is 6.30. The second-order valence-corrected chi connectivity index (χ2v) is 6.65. The number of anilines is 1. The minimum absolute atomic E-state index is 0.455. The van der Waals surface area contributed by atoms with Crippen LogP contribution >= 0.6 is 11.6 Å². The Morgan fingerprint density at radius 3 is 2.67 bits per heavy atom. The number of piperidine rings is 1. The van der Waals surface area contributed by atoms with E-state index >= 15 is 0 Å². The fourth-order valence-electron chi connectivity index (χ4n) is 3.51. The number of halogens is 1. The monoisotopic (exact) mass is 308 g/mol. The third-order valence-corrected chi connectivity index (χ3v) is 5.12. The summed E-state index contributed by atoms with van der Waals surface area (Å²) < 4.78 is 5.75. The Hall–Kier alpha value is -0.770. The zero-order valence-electron chi connectivity index (χ0n) is 12.8. The number of benzene rings is 1. The summed E-state index contributed by atoms with van der Waals surface area (Å²) in [6.45, 7) is 4.20. The molecule has 0 aromatic heterocycles. The van der Waals surface area contributed by atoms with E-state index < -0.39 is 0 Å². The largest absolute Gasteiger partial charge is 0.377 e. The molecule has 21 heavy (non-hydrogen) atoms. The Bertz CT molecular complexity index is 454. The van der Waals surface area contributed by atoms with Crippen molar-refractivity contribution in [3.05, 3.63) is 29.3 Å². The highest BCUT2D eigenvalue weighted by atomic mass is 35.5. The normalized spacial score (nSPS) is 24.0. The molecule has 116 valence electrons. The van der Waals surface area contributed by atoms with E-state index in [-0.39, 0.29) is 0 Å². The van der Waals surface area contributed by atoms with Crippen LogP contribution in [0.5, 0.6) is 0 Å². The maximum Gasteiger partial charge on any atom is 0.0702 e. The van der Waals surface area contributed by atoms with E-state index in [1.54, 1.807) is 0 Å². The molecule has 0 unspecified atom stereocenters. The number of hydrogen-bond acceptors (Lipinski definition) is 3. The van der Waals surface area contributed by atoms with Gasteiger partial charge in [0.2, 0.25) is 0 Å². The molecule has 2 fully saturated rings. The summed E-state index contributed by atoms with van der Waals surface area (Å²) in [5.74, 6) is 0. The lowest BCUT2D eigenvalue weighted by atomic mass is 10.0. The molecule has 0 bridgehead atoms. The fraction of sp³-hybridized carbons (Fsp3) is 0.647. The third kappa shape index (κ3) is 3.71. The van der Waals surface area contributed by atoms with Crippen molar-refractivity contribution in [1.82, 2.24) is 4.90 Å². The van der Waals surface area contributed by atoms with Crippen LogP contribution in [-0.2, 0) is 4.74 Å². The van der Waals surface area contributed by atoms with Crippen LogP contribution in [0.25, 0.3) is 0 Å². The molecule has 2 aliphatic heterocycles. The number of ether oxygens (including phenoxy) is 1. The number of hydrogen-bond donors (Lipinski definition) is 0. The summed E-state index contributed by atoms with van der Waals surface area (Å²) in [5, 5.41) is 0.865. The standard InChI is InChI=1S/C17H25ClN2O/c1-19(13-15-5-4-12-21-15)14-8-10-20(11-9-14)17-7-3-2-6-16(17)18/h2-3,6-7,14-15H,4-5,8-13H2,1H3/t15-/m1/s1. The lowest BCUT2D eigenvalue weighted by molar-refractivity contribution is 0.0636. The molecular formula is C17H25ClN2O. The van der Waals surface area contributed by atoms with Crippen molar-refractivity contribution in [3.63, 3.8) is 0 Å². The van der Waals surface area contributed by atoms with Gasteiger partial charge in [-0.3, -0.25) is 0 Å². The second kappa shape index (κ2) is 6.99. The molecule has 0 aliphatic carbocycles. The van der Waals surface area contributed by atoms with Gasteiger partial charge >= 0.3 is 0 Å². The lowest BCUT2D eigenvalue weighted by Gasteiger charge is -2.38. The van der Waals surface area contributed by atoms with Crippen molar-refractivity contribution in [2.45, 2.75) is 37.8 Å². The van der Waals surface area contributed by atoms with Crippen LogP contribution in [0.1, 0.15) is 25.7 Å². The molecule has 3 rings (SSSR count). The zero-order chi connectivity index (χ0) is 14.7. The highest BCUT2D eigenvalue weighted by Gasteiger charge is 2.26. The average molecular weight is 309 g/mol. The molecule has 0 amide bonds. The fourth-order valence-corrected chi connectivity index (χ4v) is 3.77. The topological polar surface area (TPSA) is 15.7 Å². The van der Waals surface area contributed by atoms with Gasteiger partial charge in [-0.15, -0.1) is 0 Å². The van der Waals surface area contributed by atoms with E-state index in [0.717, 1.165) is 31.3 Å². The molecule has 0 saturated carbocycles. The molecule has 4 heteroatoms. The molecule has 1 atom stereocenters. The van der Waals surface area contributed by atoms with Crippen LogP contribution in [0.3, 0.4) is 0 Å². The molecule has 1 aromatic rings. The summed E-state index contributed by atoms with van der Waals surface area (Å²) in [4.78, 5) is 4.92. The van der Waals surface area contributed by atoms with Crippen LogP contribution in [-0.4, -0.2) is 50.3 Å². The second-order valence-electron chi connectivity index (χ2n) is 6.24. The molecular weight excluding hydrogens is 284 g/mol. The van der Waals surface area contributed by atoms with E-state index in [1.165, 1.54) is 31.4 Å². The van der Waals surface area contributed by atoms with Gasteiger partial charge in [-0.1, -0.05) is 23.7 Å². The van der Waals surface area contributed by atoms with Crippen molar-refractivity contribution in [3.8, 4) is 0 Å². The van der Waals surface area contributed by atoms with Crippen molar-refractivity contribution in [2.75, 3.05) is 38.2 Å². The van der Waals surface area contributed by atoms with E-state index in [1.807, 2.05) is 12.1 Å². The van der Waals surface area contributed by atoms with Gasteiger partial charge < -0.3 is 14.5 Å². The average Bonchev–Trinajstić information content (AvgIpc) is 3.01. The first-order chi connectivity index (χ1) is 10.2. The van der Waals surface area contributed by atoms with E-state index in [0.29, 0.717) is 12.1 Å². The Labute approximate surface area is 132 Å². The highest BCUT2D eigenvalue weighted by Crippen LogP contribution is 2.29. The molecule has 0 spiro atoms. The first-order valence-corrected chi connectivity index (χ1v) is 8.43. The summed E-state index contributed by atoms with van der Waals surface area (Å²) in [7, 11) is 2.25. The van der Waals surface area contributed by atoms with E-state index in [4.69, 9.17) is 16.3 Å². The van der Waals surface area contributed by atoms with Crippen molar-refractivity contribution in [1.29, 1.82) is 0 Å². The number of nitrogens with zero attached hydrogens (tertiary/aromatic N) is 2. The summed E-state index contributed by atoms with van der Waals surface area (Å²) in [6, 6.07) is 8.84. The Kier molecular flexibility index (Phi) is 5.04. The van der Waals surface area contributed by atoms with Gasteiger partial charge in [0, 0.05) is 32.3 Å². The van der Waals surface area contributed by atoms with Crippen molar-refractivity contribution < 1.29 is 4.74 Å². The van der Waals surface area contributed by atoms with Crippen molar-refractivity contribution in [2.24, 2.45) is 0 Å². The van der Waals surface area contributed by atoms with Crippen molar-refractivity contribution >= 4 is 17.3 Å². The van der Waals surface area contributed by atoms with Gasteiger partial charge in [0.1, 0.15) is 0 Å². The highest BCUT2D eigenvalue weighted by molar-refractivity contribution is 6.33. The molecule has 2 aliphatic rings. The SMILES string of the molecule is CN(C[C@H]1CCCO1)C1CCN(c2ccccc2Cl)CC1. The molecule has 2 heterocycles. The molecule has 0 N–H and O–H groups in total. The molecule has 3 nitrogen and oxygen atoms in total. The summed E-state index contributed by atoms with van der Waals surface area (Å²) >= 11 is 6.30. The smallest absolute Gasteiger partial charge is 0.0702 e. The van der Waals surface area contributed by atoms with Gasteiger partial charge in [0.15, 0.2) is 0 Å². The minimum Gasteiger partial charge on any atom is -0.377 e. The lowest BCUT2D eigenvalue weighted by Crippen LogP contribution is -2.45. The predicted octanol–water partition coefficient (Wildman–Crippen LogP) is 3.42. The Balaban J connectivity index is 1.51. The zero-order valence-corrected chi connectivity index (χ0v) is 13.6. The first kappa shape index (κ1) is 15.1. The van der Waals surface area contributed by atoms with Crippen LogP contribution in [0.15, 0.2) is 24.3 Å². The molecule has 0 radical (unpaired) electrons. The molecule has 2 saturated heterocycles. The van der Waals surface area contributed by atoms with Crippen LogP contribution in [0, 0.1) is 0 Å². The Morgan fingerprint density at radius 1 is 1.24 bits per heavy atom. The first-order valence-electron chi connectivity index (χ1n) is 8.05. The predicted molar refractivity (Wildman–Crippen MR) is 88.3 cm³/mol. The quantitative estimate of drug-likeness (QED) is 0.847. The van der Waals surface area contributed by atoms with Gasteiger partial charge in [-0.25, -0.2) is 0 Å². The number of para-hydroxylation sites is 1. The Morgan fingerprint density at radius 2 is 2.00 bits per heavy atom. The maximum absolute atomic E-state index is 6.30.